The van der Waals surface area contributed by atoms with Crippen LogP contribution in [0.15, 0.2) is 30.3 Å². The Morgan fingerprint density at radius 1 is 1.08 bits per heavy atom. The minimum absolute atomic E-state index is 0.0405. The average Bonchev–Trinajstić information content (AvgIpc) is 3.17. The summed E-state index contributed by atoms with van der Waals surface area (Å²) in [4.78, 5) is 14.9. The van der Waals surface area contributed by atoms with Gasteiger partial charge in [-0.05, 0) is 36.8 Å². The number of aromatic nitrogens is 1. The largest absolute Gasteiger partial charge is 0.340 e. The molecule has 2 saturated heterocycles. The summed E-state index contributed by atoms with van der Waals surface area (Å²) in [6, 6.07) is 9.97. The number of amides is 1. The van der Waals surface area contributed by atoms with Crippen LogP contribution in [-0.2, 0) is 17.1 Å². The molecule has 0 aliphatic carbocycles. The Morgan fingerprint density at radius 3 is 2.35 bits per heavy atom. The van der Waals surface area contributed by atoms with Crippen molar-refractivity contribution in [2.45, 2.75) is 19.3 Å². The van der Waals surface area contributed by atoms with Crippen LogP contribution in [0.25, 0.3) is 10.9 Å². The Balaban J connectivity index is 1.48. The number of benzene rings is 1. The molecule has 0 atom stereocenters. The number of carbonyl (C=O) groups is 1. The smallest absolute Gasteiger partial charge is 0.270 e. The van der Waals surface area contributed by atoms with E-state index in [1.54, 1.807) is 4.31 Å². The lowest BCUT2D eigenvalue weighted by molar-refractivity contribution is 0.0591. The summed E-state index contributed by atoms with van der Waals surface area (Å²) >= 11 is 0. The molecule has 0 bridgehead atoms. The van der Waals surface area contributed by atoms with Gasteiger partial charge in [0.15, 0.2) is 0 Å². The first-order valence-electron chi connectivity index (χ1n) is 9.08. The molecule has 0 N–H and O–H groups in total. The van der Waals surface area contributed by atoms with E-state index < -0.39 is 10.0 Å². The van der Waals surface area contributed by atoms with Crippen LogP contribution in [0.2, 0.25) is 0 Å². The van der Waals surface area contributed by atoms with Crippen molar-refractivity contribution >= 4 is 26.8 Å². The number of fused-ring (bicyclic) bond motifs is 1. The summed E-state index contributed by atoms with van der Waals surface area (Å²) in [7, 11) is -1.19. The second-order valence-corrected chi connectivity index (χ2v) is 9.77. The monoisotopic (exact) mass is 375 g/mol. The van der Waals surface area contributed by atoms with Crippen LogP contribution < -0.4 is 0 Å². The maximum Gasteiger partial charge on any atom is 0.270 e. The summed E-state index contributed by atoms with van der Waals surface area (Å²) in [5, 5.41) is 1.08. The number of rotatable bonds is 2. The van der Waals surface area contributed by atoms with E-state index in [1.807, 2.05) is 46.8 Å². The number of hydrogen-bond donors (Lipinski definition) is 0. The quantitative estimate of drug-likeness (QED) is 0.807. The SMILES string of the molecule is Cn1c(C(=O)N2CCC3(CC2)CCN(S(C)(=O)=O)C3)cc2ccccc21. The second-order valence-electron chi connectivity index (χ2n) is 7.79. The van der Waals surface area contributed by atoms with Crippen molar-refractivity contribution in [2.75, 3.05) is 32.4 Å². The molecule has 6 nitrogen and oxygen atoms in total. The van der Waals surface area contributed by atoms with Crippen molar-refractivity contribution in [3.05, 3.63) is 36.0 Å². The van der Waals surface area contributed by atoms with Gasteiger partial charge in [0.25, 0.3) is 5.91 Å². The minimum Gasteiger partial charge on any atom is -0.340 e. The van der Waals surface area contributed by atoms with Crippen LogP contribution in [0.5, 0.6) is 0 Å². The first-order valence-corrected chi connectivity index (χ1v) is 10.9. The van der Waals surface area contributed by atoms with E-state index in [0.29, 0.717) is 31.9 Å². The summed E-state index contributed by atoms with van der Waals surface area (Å²) in [6.45, 7) is 2.59. The van der Waals surface area contributed by atoms with Gasteiger partial charge in [-0.1, -0.05) is 18.2 Å². The molecular weight excluding hydrogens is 350 g/mol. The fourth-order valence-corrected chi connectivity index (χ4v) is 5.36. The lowest BCUT2D eigenvalue weighted by atomic mass is 9.78. The normalized spacial score (nSPS) is 20.9. The maximum absolute atomic E-state index is 13.0. The molecule has 3 heterocycles. The molecule has 1 amide bonds. The highest BCUT2D eigenvalue weighted by Crippen LogP contribution is 2.41. The third-order valence-corrected chi connectivity index (χ3v) is 7.40. The van der Waals surface area contributed by atoms with Crippen LogP contribution in [0.4, 0.5) is 0 Å². The van der Waals surface area contributed by atoms with Crippen LogP contribution in [0, 0.1) is 5.41 Å². The number of para-hydroxylation sites is 1. The molecule has 0 unspecified atom stereocenters. The zero-order chi connectivity index (χ0) is 18.5. The Bertz CT molecular complexity index is 956. The highest BCUT2D eigenvalue weighted by molar-refractivity contribution is 7.88. The Labute approximate surface area is 154 Å². The van der Waals surface area contributed by atoms with Crippen molar-refractivity contribution in [1.82, 2.24) is 13.8 Å². The number of aryl methyl sites for hydroxylation is 1. The topological polar surface area (TPSA) is 62.6 Å². The standard InChI is InChI=1S/C19H25N3O3S/c1-20-16-6-4-3-5-15(16)13-17(20)18(23)21-10-7-19(8-11-21)9-12-22(14-19)26(2,24)25/h3-6,13H,7-12,14H2,1-2H3. The number of carbonyl (C=O) groups excluding carboxylic acids is 1. The molecule has 2 aliphatic rings. The van der Waals surface area contributed by atoms with Gasteiger partial charge in [0.1, 0.15) is 5.69 Å². The van der Waals surface area contributed by atoms with Crippen molar-refractivity contribution in [1.29, 1.82) is 0 Å². The highest BCUT2D eigenvalue weighted by Gasteiger charge is 2.44. The van der Waals surface area contributed by atoms with E-state index >= 15 is 0 Å². The van der Waals surface area contributed by atoms with E-state index in [0.717, 1.165) is 30.2 Å². The van der Waals surface area contributed by atoms with E-state index in [-0.39, 0.29) is 11.3 Å². The molecule has 0 saturated carbocycles. The molecule has 1 spiro atoms. The van der Waals surface area contributed by atoms with Gasteiger partial charge in [-0.3, -0.25) is 4.79 Å². The van der Waals surface area contributed by atoms with Crippen molar-refractivity contribution in [2.24, 2.45) is 12.5 Å². The molecule has 2 aliphatic heterocycles. The number of likely N-dealkylation sites (tertiary alicyclic amines) is 1. The lowest BCUT2D eigenvalue weighted by Crippen LogP contribution is -2.45. The van der Waals surface area contributed by atoms with Gasteiger partial charge >= 0.3 is 0 Å². The Kier molecular flexibility index (Phi) is 4.11. The van der Waals surface area contributed by atoms with Crippen LogP contribution in [0.3, 0.4) is 0 Å². The fourth-order valence-electron chi connectivity index (χ4n) is 4.43. The summed E-state index contributed by atoms with van der Waals surface area (Å²) < 4.78 is 27.1. The zero-order valence-electron chi connectivity index (χ0n) is 15.3. The molecule has 2 aromatic rings. The van der Waals surface area contributed by atoms with E-state index in [9.17, 15) is 13.2 Å². The zero-order valence-corrected chi connectivity index (χ0v) is 16.1. The van der Waals surface area contributed by atoms with Gasteiger partial charge in [-0.25, -0.2) is 12.7 Å². The van der Waals surface area contributed by atoms with E-state index in [1.165, 1.54) is 6.26 Å². The molecular formula is C19H25N3O3S. The van der Waals surface area contributed by atoms with Gasteiger partial charge < -0.3 is 9.47 Å². The van der Waals surface area contributed by atoms with Crippen molar-refractivity contribution in [3.63, 3.8) is 0 Å². The minimum atomic E-state index is -3.12. The molecule has 1 aromatic carbocycles. The number of piperidine rings is 1. The summed E-state index contributed by atoms with van der Waals surface area (Å²) in [5.74, 6) is 0.0662. The van der Waals surface area contributed by atoms with Crippen LogP contribution in [0.1, 0.15) is 29.8 Å². The van der Waals surface area contributed by atoms with Gasteiger partial charge in [0, 0.05) is 44.1 Å². The molecule has 2 fully saturated rings. The first kappa shape index (κ1) is 17.5. The Morgan fingerprint density at radius 2 is 1.73 bits per heavy atom. The lowest BCUT2D eigenvalue weighted by Gasteiger charge is -2.39. The number of hydrogen-bond acceptors (Lipinski definition) is 3. The first-order chi connectivity index (χ1) is 12.3. The van der Waals surface area contributed by atoms with E-state index in [4.69, 9.17) is 0 Å². The van der Waals surface area contributed by atoms with Crippen LogP contribution in [-0.4, -0.2) is 60.5 Å². The molecule has 140 valence electrons. The predicted octanol–water partition coefficient (Wildman–Crippen LogP) is 2.07. The number of nitrogens with zero attached hydrogens (tertiary/aromatic N) is 3. The van der Waals surface area contributed by atoms with Gasteiger partial charge in [-0.2, -0.15) is 0 Å². The Hall–Kier alpha value is -1.86. The summed E-state index contributed by atoms with van der Waals surface area (Å²) in [5.41, 5.74) is 1.81. The molecule has 26 heavy (non-hydrogen) atoms. The van der Waals surface area contributed by atoms with Crippen LogP contribution >= 0.6 is 0 Å². The highest BCUT2D eigenvalue weighted by atomic mass is 32.2. The molecule has 7 heteroatoms. The molecule has 1 aromatic heterocycles. The number of sulfonamides is 1. The molecule has 0 radical (unpaired) electrons. The van der Waals surface area contributed by atoms with Gasteiger partial charge in [0.2, 0.25) is 10.0 Å². The summed E-state index contributed by atoms with van der Waals surface area (Å²) in [6.07, 6.45) is 3.92. The van der Waals surface area contributed by atoms with Crippen molar-refractivity contribution < 1.29 is 13.2 Å². The third kappa shape index (κ3) is 2.93. The van der Waals surface area contributed by atoms with Crippen molar-refractivity contribution in [3.8, 4) is 0 Å². The molecule has 4 rings (SSSR count). The van der Waals surface area contributed by atoms with Gasteiger partial charge in [-0.15, -0.1) is 0 Å². The maximum atomic E-state index is 13.0. The second kappa shape index (κ2) is 6.09. The van der Waals surface area contributed by atoms with Gasteiger partial charge in [0.05, 0.1) is 6.26 Å². The third-order valence-electron chi connectivity index (χ3n) is 6.15. The predicted molar refractivity (Wildman–Crippen MR) is 102 cm³/mol. The average molecular weight is 375 g/mol. The fraction of sp³-hybridized carbons (Fsp3) is 0.526. The van der Waals surface area contributed by atoms with E-state index in [2.05, 4.69) is 0 Å².